The molecule has 5 N–H and O–H groups in total. The zero-order valence-electron chi connectivity index (χ0n) is 12.3. The Balaban J connectivity index is 1.61. The van der Waals surface area contributed by atoms with E-state index in [4.69, 9.17) is 23.1 Å². The quantitative estimate of drug-likeness (QED) is 0.788. The van der Waals surface area contributed by atoms with Crippen molar-refractivity contribution in [1.82, 2.24) is 9.97 Å². The van der Waals surface area contributed by atoms with Crippen molar-refractivity contribution in [2.45, 2.75) is 31.2 Å². The first-order chi connectivity index (χ1) is 10.6. The maximum atomic E-state index is 6.15. The summed E-state index contributed by atoms with van der Waals surface area (Å²) >= 11 is 6.15. The van der Waals surface area contributed by atoms with Crippen LogP contribution < -0.4 is 16.8 Å². The number of hydrogen-bond acceptors (Lipinski definition) is 5. The van der Waals surface area contributed by atoms with Crippen LogP contribution >= 0.6 is 11.6 Å². The Kier molecular flexibility index (Phi) is 4.45. The summed E-state index contributed by atoms with van der Waals surface area (Å²) in [4.78, 5) is 8.56. The molecule has 1 saturated carbocycles. The first-order valence-electron chi connectivity index (χ1n) is 7.49. The van der Waals surface area contributed by atoms with Gasteiger partial charge in [0.2, 0.25) is 5.95 Å². The van der Waals surface area contributed by atoms with Crippen LogP contribution in [0.4, 0.5) is 11.8 Å². The van der Waals surface area contributed by atoms with E-state index in [2.05, 4.69) is 15.3 Å². The van der Waals surface area contributed by atoms with Crippen molar-refractivity contribution in [2.24, 2.45) is 5.73 Å². The van der Waals surface area contributed by atoms with Gasteiger partial charge in [0.15, 0.2) is 0 Å². The van der Waals surface area contributed by atoms with Crippen LogP contribution in [0.2, 0.25) is 5.02 Å². The van der Waals surface area contributed by atoms with E-state index < -0.39 is 0 Å². The molecule has 3 rings (SSSR count). The second-order valence-electron chi connectivity index (χ2n) is 5.73. The van der Waals surface area contributed by atoms with Crippen LogP contribution in [0.3, 0.4) is 0 Å². The van der Waals surface area contributed by atoms with E-state index in [1.807, 2.05) is 30.3 Å². The monoisotopic (exact) mass is 317 g/mol. The standard InChI is InChI=1S/C16H20ClN5/c17-13-4-2-1-3-10(13)5-6-20-15-9-14(21-16(19)22-15)11-7-12(18)8-11/h1-4,9,11-12H,5-8,18H2,(H3,19,20,21,22). The average Bonchev–Trinajstić information content (AvgIpc) is 2.45. The number of halogens is 1. The molecule has 1 aliphatic carbocycles. The van der Waals surface area contributed by atoms with Crippen LogP contribution in [0.5, 0.6) is 0 Å². The van der Waals surface area contributed by atoms with Gasteiger partial charge in [0.05, 0.1) is 5.69 Å². The third kappa shape index (κ3) is 3.48. The van der Waals surface area contributed by atoms with Crippen molar-refractivity contribution >= 4 is 23.4 Å². The summed E-state index contributed by atoms with van der Waals surface area (Å²) in [7, 11) is 0. The molecule has 116 valence electrons. The van der Waals surface area contributed by atoms with Crippen LogP contribution in [-0.4, -0.2) is 22.6 Å². The highest BCUT2D eigenvalue weighted by Gasteiger charge is 2.29. The van der Waals surface area contributed by atoms with Gasteiger partial charge in [0, 0.05) is 29.6 Å². The molecule has 2 aromatic rings. The predicted octanol–water partition coefficient (Wildman–Crippen LogP) is 2.57. The number of rotatable bonds is 5. The highest BCUT2D eigenvalue weighted by atomic mass is 35.5. The van der Waals surface area contributed by atoms with E-state index in [0.717, 1.165) is 47.9 Å². The van der Waals surface area contributed by atoms with E-state index in [0.29, 0.717) is 11.9 Å². The van der Waals surface area contributed by atoms with Gasteiger partial charge < -0.3 is 16.8 Å². The van der Waals surface area contributed by atoms with Gasteiger partial charge >= 0.3 is 0 Å². The third-order valence-corrected chi connectivity index (χ3v) is 4.38. The zero-order valence-corrected chi connectivity index (χ0v) is 13.1. The number of aromatic nitrogens is 2. The molecule has 0 bridgehead atoms. The summed E-state index contributed by atoms with van der Waals surface area (Å²) in [5.41, 5.74) is 13.7. The zero-order chi connectivity index (χ0) is 15.5. The number of nitrogens with two attached hydrogens (primary N) is 2. The molecule has 6 heteroatoms. The van der Waals surface area contributed by atoms with Gasteiger partial charge in [-0.3, -0.25) is 0 Å². The lowest BCUT2D eigenvalue weighted by Crippen LogP contribution is -2.35. The van der Waals surface area contributed by atoms with Crippen molar-refractivity contribution < 1.29 is 0 Å². The SMILES string of the molecule is Nc1nc(NCCc2ccccc2Cl)cc(C2CC(N)C2)n1. The number of nitrogen functional groups attached to an aromatic ring is 1. The van der Waals surface area contributed by atoms with Crippen molar-refractivity contribution in [3.63, 3.8) is 0 Å². The molecule has 0 aliphatic heterocycles. The number of nitrogens with zero attached hydrogens (tertiary/aromatic N) is 2. The normalized spacial score (nSPS) is 20.5. The van der Waals surface area contributed by atoms with Crippen molar-refractivity contribution in [2.75, 3.05) is 17.6 Å². The van der Waals surface area contributed by atoms with Gasteiger partial charge in [0.25, 0.3) is 0 Å². The van der Waals surface area contributed by atoms with Crippen LogP contribution in [0.1, 0.15) is 30.0 Å². The summed E-state index contributed by atoms with van der Waals surface area (Å²) in [5, 5.41) is 4.08. The molecule has 1 heterocycles. The van der Waals surface area contributed by atoms with Crippen molar-refractivity contribution in [3.05, 3.63) is 46.6 Å². The first kappa shape index (κ1) is 15.1. The van der Waals surface area contributed by atoms with Gasteiger partial charge in [-0.2, -0.15) is 4.98 Å². The topological polar surface area (TPSA) is 89.8 Å². The first-order valence-corrected chi connectivity index (χ1v) is 7.87. The molecule has 1 fully saturated rings. The molecule has 0 spiro atoms. The molecule has 22 heavy (non-hydrogen) atoms. The highest BCUT2D eigenvalue weighted by molar-refractivity contribution is 6.31. The van der Waals surface area contributed by atoms with Gasteiger partial charge in [-0.1, -0.05) is 29.8 Å². The molecule has 5 nitrogen and oxygen atoms in total. The fraction of sp³-hybridized carbons (Fsp3) is 0.375. The molecule has 0 amide bonds. The summed E-state index contributed by atoms with van der Waals surface area (Å²) in [6, 6.07) is 10.1. The molecule has 1 aromatic heterocycles. The minimum absolute atomic E-state index is 0.290. The number of nitrogens with one attached hydrogen (secondary N) is 1. The summed E-state index contributed by atoms with van der Waals surface area (Å²) in [6.07, 6.45) is 2.76. The number of benzene rings is 1. The minimum atomic E-state index is 0.290. The minimum Gasteiger partial charge on any atom is -0.370 e. The lowest BCUT2D eigenvalue weighted by molar-refractivity contribution is 0.345. The van der Waals surface area contributed by atoms with E-state index >= 15 is 0 Å². The second kappa shape index (κ2) is 6.50. The van der Waals surface area contributed by atoms with Gasteiger partial charge in [-0.25, -0.2) is 4.98 Å². The smallest absolute Gasteiger partial charge is 0.222 e. The Morgan fingerprint density at radius 3 is 2.73 bits per heavy atom. The summed E-state index contributed by atoms with van der Waals surface area (Å²) in [5.74, 6) is 1.47. The third-order valence-electron chi connectivity index (χ3n) is 4.01. The predicted molar refractivity (Wildman–Crippen MR) is 90.0 cm³/mol. The van der Waals surface area contributed by atoms with Gasteiger partial charge in [0.1, 0.15) is 5.82 Å². The molecule has 1 aromatic carbocycles. The fourth-order valence-corrected chi connectivity index (χ4v) is 2.94. The van der Waals surface area contributed by atoms with Gasteiger partial charge in [-0.15, -0.1) is 0 Å². The molecule has 0 unspecified atom stereocenters. The lowest BCUT2D eigenvalue weighted by Gasteiger charge is -2.32. The highest BCUT2D eigenvalue weighted by Crippen LogP contribution is 2.35. The van der Waals surface area contributed by atoms with Crippen LogP contribution in [0.15, 0.2) is 30.3 Å². The number of anilines is 2. The molecule has 0 radical (unpaired) electrons. The number of hydrogen-bond donors (Lipinski definition) is 3. The van der Waals surface area contributed by atoms with E-state index in [1.165, 1.54) is 0 Å². The maximum Gasteiger partial charge on any atom is 0.222 e. The summed E-state index contributed by atoms with van der Waals surface area (Å²) < 4.78 is 0. The molecular weight excluding hydrogens is 298 g/mol. The Morgan fingerprint density at radius 1 is 1.23 bits per heavy atom. The van der Waals surface area contributed by atoms with Crippen molar-refractivity contribution in [3.8, 4) is 0 Å². The largest absolute Gasteiger partial charge is 0.370 e. The van der Waals surface area contributed by atoms with Crippen LogP contribution in [0, 0.1) is 0 Å². The molecular formula is C16H20ClN5. The second-order valence-corrected chi connectivity index (χ2v) is 6.14. The molecule has 0 atom stereocenters. The maximum absolute atomic E-state index is 6.15. The Labute approximate surface area is 135 Å². The van der Waals surface area contributed by atoms with E-state index in [1.54, 1.807) is 0 Å². The van der Waals surface area contributed by atoms with E-state index in [9.17, 15) is 0 Å². The lowest BCUT2D eigenvalue weighted by atomic mass is 9.78. The van der Waals surface area contributed by atoms with Crippen molar-refractivity contribution in [1.29, 1.82) is 0 Å². The Hall–Kier alpha value is -1.85. The van der Waals surface area contributed by atoms with Gasteiger partial charge in [-0.05, 0) is 30.9 Å². The average molecular weight is 318 g/mol. The summed E-state index contributed by atoms with van der Waals surface area (Å²) in [6.45, 7) is 0.740. The molecule has 1 aliphatic rings. The molecule has 0 saturated heterocycles. The van der Waals surface area contributed by atoms with E-state index in [-0.39, 0.29) is 6.04 Å². The Morgan fingerprint density at radius 2 is 2.00 bits per heavy atom. The van der Waals surface area contributed by atoms with Crippen LogP contribution in [-0.2, 0) is 6.42 Å². The van der Waals surface area contributed by atoms with Crippen LogP contribution in [0.25, 0.3) is 0 Å². The Bertz CT molecular complexity index is 655. The fourth-order valence-electron chi connectivity index (χ4n) is 2.71.